The molecule has 0 bridgehead atoms. The largest absolute Gasteiger partial charge is 0.392 e. The van der Waals surface area contributed by atoms with Crippen molar-refractivity contribution < 1.29 is 17.9 Å². The number of aliphatic hydroxyl groups is 1. The highest BCUT2D eigenvalue weighted by Crippen LogP contribution is 2.29. The Morgan fingerprint density at radius 3 is 2.37 bits per heavy atom. The Morgan fingerprint density at radius 1 is 1.21 bits per heavy atom. The molecule has 1 fully saturated rings. The first kappa shape index (κ1) is 14.5. The summed E-state index contributed by atoms with van der Waals surface area (Å²) in [5.74, 6) is -0.307. The van der Waals surface area contributed by atoms with Gasteiger partial charge in [-0.2, -0.15) is 0 Å². The lowest BCUT2D eigenvalue weighted by molar-refractivity contribution is 0.164. The highest BCUT2D eigenvalue weighted by atomic mass is 32.2. The number of hydrogen-bond acceptors (Lipinski definition) is 3. The van der Waals surface area contributed by atoms with Gasteiger partial charge in [-0.25, -0.2) is 12.8 Å². The Labute approximate surface area is 113 Å². The Morgan fingerprint density at radius 2 is 1.79 bits per heavy atom. The van der Waals surface area contributed by atoms with Crippen LogP contribution in [0.1, 0.15) is 32.1 Å². The minimum absolute atomic E-state index is 0.0689. The van der Waals surface area contributed by atoms with E-state index in [-0.39, 0.29) is 10.6 Å². The van der Waals surface area contributed by atoms with E-state index in [1.165, 1.54) is 25.0 Å². The van der Waals surface area contributed by atoms with Gasteiger partial charge in [0.2, 0.25) is 0 Å². The molecule has 1 N–H and O–H groups in total. The fourth-order valence-corrected chi connectivity index (χ4v) is 4.08. The van der Waals surface area contributed by atoms with E-state index >= 15 is 0 Å². The monoisotopic (exact) mass is 286 g/mol. The molecule has 0 aromatic heterocycles. The second kappa shape index (κ2) is 6.01. The predicted octanol–water partition coefficient (Wildman–Crippen LogP) is 2.54. The average Bonchev–Trinajstić information content (AvgIpc) is 2.81. The molecular formula is C14H19FO3S. The van der Waals surface area contributed by atoms with Crippen molar-refractivity contribution in [3.63, 3.8) is 0 Å². The third-order valence-corrected chi connectivity index (χ3v) is 5.48. The fourth-order valence-electron chi connectivity index (χ4n) is 2.69. The predicted molar refractivity (Wildman–Crippen MR) is 71.0 cm³/mol. The second-order valence-electron chi connectivity index (χ2n) is 5.28. The van der Waals surface area contributed by atoms with Crippen molar-refractivity contribution in [2.75, 3.05) is 5.75 Å². The number of halogens is 1. The van der Waals surface area contributed by atoms with Crippen LogP contribution in [-0.4, -0.2) is 25.4 Å². The quantitative estimate of drug-likeness (QED) is 0.846. The number of rotatable bonds is 5. The van der Waals surface area contributed by atoms with Crippen molar-refractivity contribution >= 4 is 9.84 Å². The molecule has 1 unspecified atom stereocenters. The highest BCUT2D eigenvalue weighted by Gasteiger charge is 2.24. The van der Waals surface area contributed by atoms with Crippen LogP contribution < -0.4 is 0 Å². The molecule has 1 aliphatic rings. The number of aliphatic hydroxyl groups excluding tert-OH is 1. The van der Waals surface area contributed by atoms with Crippen LogP contribution in [0.25, 0.3) is 0 Å². The van der Waals surface area contributed by atoms with Crippen molar-refractivity contribution in [2.45, 2.75) is 43.1 Å². The minimum atomic E-state index is -3.53. The lowest BCUT2D eigenvalue weighted by Gasteiger charge is -2.15. The standard InChI is InChI=1S/C14H19FO3S/c15-12-5-7-14(8-6-12)19(17,18)10-13(16)9-11-3-1-2-4-11/h5-8,11,13,16H,1-4,9-10H2. The third kappa shape index (κ3) is 4.01. The van der Waals surface area contributed by atoms with Crippen LogP contribution in [0, 0.1) is 11.7 Å². The first-order valence-electron chi connectivity index (χ1n) is 6.64. The maximum Gasteiger partial charge on any atom is 0.180 e. The molecule has 1 aromatic carbocycles. The summed E-state index contributed by atoms with van der Waals surface area (Å²) in [4.78, 5) is 0.0689. The first-order chi connectivity index (χ1) is 8.97. The van der Waals surface area contributed by atoms with Crippen LogP contribution in [0.4, 0.5) is 4.39 Å². The van der Waals surface area contributed by atoms with E-state index in [1.54, 1.807) is 0 Å². The van der Waals surface area contributed by atoms with E-state index < -0.39 is 21.8 Å². The average molecular weight is 286 g/mol. The molecule has 2 rings (SSSR count). The summed E-state index contributed by atoms with van der Waals surface area (Å²) in [6, 6.07) is 4.73. The molecule has 0 saturated heterocycles. The molecule has 1 aliphatic carbocycles. The Kier molecular flexibility index (Phi) is 4.58. The molecule has 3 nitrogen and oxygen atoms in total. The van der Waals surface area contributed by atoms with Gasteiger partial charge in [0.15, 0.2) is 9.84 Å². The molecule has 0 heterocycles. The van der Waals surface area contributed by atoms with Crippen LogP contribution in [0.15, 0.2) is 29.2 Å². The zero-order valence-electron chi connectivity index (χ0n) is 10.8. The SMILES string of the molecule is O=S(=O)(CC(O)CC1CCCC1)c1ccc(F)cc1. The van der Waals surface area contributed by atoms with Gasteiger partial charge in [0.25, 0.3) is 0 Å². The normalized spacial score (nSPS) is 18.6. The van der Waals surface area contributed by atoms with Gasteiger partial charge < -0.3 is 5.11 Å². The van der Waals surface area contributed by atoms with Crippen LogP contribution in [0.3, 0.4) is 0 Å². The maximum atomic E-state index is 12.8. The zero-order chi connectivity index (χ0) is 13.9. The topological polar surface area (TPSA) is 54.4 Å². The number of sulfone groups is 1. The maximum absolute atomic E-state index is 12.8. The molecule has 1 saturated carbocycles. The van der Waals surface area contributed by atoms with E-state index in [0.717, 1.165) is 25.0 Å². The molecule has 106 valence electrons. The summed E-state index contributed by atoms with van der Waals surface area (Å²) >= 11 is 0. The van der Waals surface area contributed by atoms with Gasteiger partial charge in [-0.15, -0.1) is 0 Å². The summed E-state index contributed by atoms with van der Waals surface area (Å²) in [6.07, 6.45) is 4.20. The lowest BCUT2D eigenvalue weighted by Crippen LogP contribution is -2.23. The minimum Gasteiger partial charge on any atom is -0.392 e. The Bertz CT molecular complexity index is 504. The third-order valence-electron chi connectivity index (χ3n) is 3.66. The Balaban J connectivity index is 1.98. The van der Waals surface area contributed by atoms with E-state index in [1.807, 2.05) is 0 Å². The fraction of sp³-hybridized carbons (Fsp3) is 0.571. The molecule has 0 radical (unpaired) electrons. The molecule has 1 atom stereocenters. The zero-order valence-corrected chi connectivity index (χ0v) is 11.6. The van der Waals surface area contributed by atoms with Gasteiger partial charge >= 0.3 is 0 Å². The second-order valence-corrected chi connectivity index (χ2v) is 7.31. The van der Waals surface area contributed by atoms with Crippen LogP contribution >= 0.6 is 0 Å². The van der Waals surface area contributed by atoms with Gasteiger partial charge in [0.1, 0.15) is 5.82 Å². The molecule has 5 heteroatoms. The van der Waals surface area contributed by atoms with Crippen molar-refractivity contribution in [3.8, 4) is 0 Å². The molecule has 0 spiro atoms. The summed E-state index contributed by atoms with van der Waals surface area (Å²) in [7, 11) is -3.53. The van der Waals surface area contributed by atoms with Gasteiger partial charge in [-0.3, -0.25) is 0 Å². The van der Waals surface area contributed by atoms with Crippen molar-refractivity contribution in [2.24, 2.45) is 5.92 Å². The van der Waals surface area contributed by atoms with Crippen molar-refractivity contribution in [3.05, 3.63) is 30.1 Å². The van der Waals surface area contributed by atoms with Gasteiger partial charge in [0.05, 0.1) is 16.8 Å². The van der Waals surface area contributed by atoms with E-state index in [9.17, 15) is 17.9 Å². The molecule has 0 aliphatic heterocycles. The highest BCUT2D eigenvalue weighted by molar-refractivity contribution is 7.91. The van der Waals surface area contributed by atoms with E-state index in [2.05, 4.69) is 0 Å². The lowest BCUT2D eigenvalue weighted by atomic mass is 10.0. The van der Waals surface area contributed by atoms with Gasteiger partial charge in [0, 0.05) is 0 Å². The van der Waals surface area contributed by atoms with E-state index in [4.69, 9.17) is 0 Å². The number of benzene rings is 1. The number of hydrogen-bond donors (Lipinski definition) is 1. The molecular weight excluding hydrogens is 267 g/mol. The van der Waals surface area contributed by atoms with E-state index in [0.29, 0.717) is 12.3 Å². The first-order valence-corrected chi connectivity index (χ1v) is 8.29. The molecule has 0 amide bonds. The van der Waals surface area contributed by atoms with Crippen molar-refractivity contribution in [1.29, 1.82) is 0 Å². The van der Waals surface area contributed by atoms with Gasteiger partial charge in [-0.05, 0) is 36.6 Å². The summed E-state index contributed by atoms with van der Waals surface area (Å²) in [6.45, 7) is 0. The van der Waals surface area contributed by atoms with Gasteiger partial charge in [-0.1, -0.05) is 25.7 Å². The van der Waals surface area contributed by atoms with Crippen molar-refractivity contribution in [1.82, 2.24) is 0 Å². The van der Waals surface area contributed by atoms with Crippen LogP contribution in [0.5, 0.6) is 0 Å². The molecule has 19 heavy (non-hydrogen) atoms. The van der Waals surface area contributed by atoms with Crippen LogP contribution in [0.2, 0.25) is 0 Å². The molecule has 1 aromatic rings. The summed E-state index contributed by atoms with van der Waals surface area (Å²) < 4.78 is 36.9. The summed E-state index contributed by atoms with van der Waals surface area (Å²) in [5.41, 5.74) is 0. The summed E-state index contributed by atoms with van der Waals surface area (Å²) in [5, 5.41) is 9.91. The van der Waals surface area contributed by atoms with Crippen LogP contribution in [-0.2, 0) is 9.84 Å². The smallest absolute Gasteiger partial charge is 0.180 e. The Hall–Kier alpha value is -0.940.